The fourth-order valence-electron chi connectivity index (χ4n) is 4.29. The highest BCUT2D eigenvalue weighted by atomic mass is 32.2. The van der Waals surface area contributed by atoms with Gasteiger partial charge in [-0.2, -0.15) is 4.31 Å². The van der Waals surface area contributed by atoms with Gasteiger partial charge >= 0.3 is 0 Å². The number of methoxy groups -OCH3 is 1. The van der Waals surface area contributed by atoms with E-state index in [0.29, 0.717) is 30.9 Å². The maximum Gasteiger partial charge on any atom is 0.257 e. The highest BCUT2D eigenvalue weighted by Gasteiger charge is 2.31. The monoisotopic (exact) mass is 408 g/mol. The van der Waals surface area contributed by atoms with E-state index < -0.39 is 10.0 Å². The fourth-order valence-corrected chi connectivity index (χ4v) is 5.84. The van der Waals surface area contributed by atoms with Crippen molar-refractivity contribution in [3.8, 4) is 5.75 Å². The summed E-state index contributed by atoms with van der Waals surface area (Å²) in [6.07, 6.45) is 7.90. The number of piperidine rings is 1. The third kappa shape index (κ3) is 4.35. The van der Waals surface area contributed by atoms with Gasteiger partial charge in [0, 0.05) is 25.7 Å². The third-order valence-corrected chi connectivity index (χ3v) is 7.86. The van der Waals surface area contributed by atoms with Crippen molar-refractivity contribution < 1.29 is 17.9 Å². The van der Waals surface area contributed by atoms with Gasteiger partial charge in [-0.25, -0.2) is 8.42 Å². The van der Waals surface area contributed by atoms with Crippen LogP contribution in [0.5, 0.6) is 5.75 Å². The van der Waals surface area contributed by atoms with Gasteiger partial charge in [-0.05, 0) is 56.7 Å². The van der Waals surface area contributed by atoms with Crippen molar-refractivity contribution in [1.29, 1.82) is 0 Å². The molecule has 0 spiro atoms. The number of hydrogen-bond donors (Lipinski definition) is 0. The number of carbonyl (C=O) groups is 1. The Morgan fingerprint density at radius 3 is 2.39 bits per heavy atom. The van der Waals surface area contributed by atoms with Gasteiger partial charge in [0.15, 0.2) is 0 Å². The van der Waals surface area contributed by atoms with Crippen LogP contribution in [0.3, 0.4) is 0 Å². The number of rotatable bonds is 5. The van der Waals surface area contributed by atoms with Crippen molar-refractivity contribution in [2.75, 3.05) is 26.7 Å². The molecule has 28 heavy (non-hydrogen) atoms. The molecule has 2 fully saturated rings. The molecular formula is C21H32N2O4S. The third-order valence-electron chi connectivity index (χ3n) is 5.96. The zero-order valence-corrected chi connectivity index (χ0v) is 17.8. The van der Waals surface area contributed by atoms with E-state index in [4.69, 9.17) is 4.74 Å². The molecule has 7 heteroatoms. The topological polar surface area (TPSA) is 66.9 Å². The zero-order chi connectivity index (χ0) is 20.1. The van der Waals surface area contributed by atoms with Gasteiger partial charge in [0.1, 0.15) is 5.75 Å². The molecule has 0 aromatic heterocycles. The average molecular weight is 409 g/mol. The number of ether oxygens (including phenoxy) is 1. The molecule has 1 atom stereocenters. The molecule has 0 N–H and O–H groups in total. The SMILES string of the molecule is CCC1CCCCN1C(=O)c1cc(S(=O)(=O)N2CCCCCC2)ccc1OC. The van der Waals surface area contributed by atoms with Gasteiger partial charge in [-0.15, -0.1) is 0 Å². The van der Waals surface area contributed by atoms with Crippen LogP contribution in [0.25, 0.3) is 0 Å². The lowest BCUT2D eigenvalue weighted by Crippen LogP contribution is -2.43. The molecule has 2 aliphatic rings. The molecule has 156 valence electrons. The van der Waals surface area contributed by atoms with Crippen molar-refractivity contribution in [3.05, 3.63) is 23.8 Å². The summed E-state index contributed by atoms with van der Waals surface area (Å²) < 4.78 is 33.3. The molecule has 1 aromatic rings. The molecule has 2 heterocycles. The summed E-state index contributed by atoms with van der Waals surface area (Å²) in [5, 5.41) is 0. The normalized spacial score (nSPS) is 21.9. The zero-order valence-electron chi connectivity index (χ0n) is 17.0. The molecule has 1 amide bonds. The van der Waals surface area contributed by atoms with E-state index in [1.807, 2.05) is 4.90 Å². The maximum atomic E-state index is 13.3. The lowest BCUT2D eigenvalue weighted by atomic mass is 9.98. The van der Waals surface area contributed by atoms with Gasteiger partial charge in [-0.1, -0.05) is 19.8 Å². The fraction of sp³-hybridized carbons (Fsp3) is 0.667. The van der Waals surface area contributed by atoms with E-state index in [9.17, 15) is 13.2 Å². The van der Waals surface area contributed by atoms with E-state index in [0.717, 1.165) is 51.4 Å². The summed E-state index contributed by atoms with van der Waals surface area (Å²) >= 11 is 0. The van der Waals surface area contributed by atoms with Crippen LogP contribution in [0.1, 0.15) is 68.6 Å². The van der Waals surface area contributed by atoms with Gasteiger partial charge < -0.3 is 9.64 Å². The molecule has 0 bridgehead atoms. The summed E-state index contributed by atoms with van der Waals surface area (Å²) in [5.74, 6) is 0.302. The molecule has 1 unspecified atom stereocenters. The van der Waals surface area contributed by atoms with Crippen LogP contribution in [0.15, 0.2) is 23.1 Å². The Morgan fingerprint density at radius 2 is 1.75 bits per heavy atom. The van der Waals surface area contributed by atoms with Gasteiger partial charge in [0.25, 0.3) is 5.91 Å². The Labute approximate surface area is 168 Å². The molecule has 2 aliphatic heterocycles. The van der Waals surface area contributed by atoms with E-state index in [-0.39, 0.29) is 16.8 Å². The van der Waals surface area contributed by atoms with Gasteiger partial charge in [0.05, 0.1) is 17.6 Å². The second kappa shape index (κ2) is 9.27. The minimum Gasteiger partial charge on any atom is -0.496 e. The Bertz CT molecular complexity index is 786. The first kappa shape index (κ1) is 21.1. The number of nitrogens with zero attached hydrogens (tertiary/aromatic N) is 2. The number of carbonyl (C=O) groups excluding carboxylic acids is 1. The smallest absolute Gasteiger partial charge is 0.257 e. The number of amides is 1. The maximum absolute atomic E-state index is 13.3. The van der Waals surface area contributed by atoms with E-state index in [1.165, 1.54) is 13.2 Å². The highest BCUT2D eigenvalue weighted by molar-refractivity contribution is 7.89. The Morgan fingerprint density at radius 1 is 1.07 bits per heavy atom. The largest absolute Gasteiger partial charge is 0.496 e. The first-order valence-electron chi connectivity index (χ1n) is 10.5. The summed E-state index contributed by atoms with van der Waals surface area (Å²) in [6, 6.07) is 4.89. The van der Waals surface area contributed by atoms with Crippen molar-refractivity contribution in [3.63, 3.8) is 0 Å². The van der Waals surface area contributed by atoms with Gasteiger partial charge in [0.2, 0.25) is 10.0 Å². The minimum atomic E-state index is -3.61. The molecule has 6 nitrogen and oxygen atoms in total. The molecule has 1 aromatic carbocycles. The van der Waals surface area contributed by atoms with Crippen molar-refractivity contribution in [1.82, 2.24) is 9.21 Å². The van der Waals surface area contributed by atoms with Crippen LogP contribution in [0.2, 0.25) is 0 Å². The molecule has 2 saturated heterocycles. The quantitative estimate of drug-likeness (QED) is 0.746. The predicted octanol–water partition coefficient (Wildman–Crippen LogP) is 3.66. The summed E-state index contributed by atoms with van der Waals surface area (Å²) in [6.45, 7) is 3.89. The lowest BCUT2D eigenvalue weighted by Gasteiger charge is -2.35. The standard InChI is InChI=1S/C21H32N2O4S/c1-3-17-10-6-9-15-23(17)21(24)19-16-18(11-12-20(19)27-2)28(25,26)22-13-7-4-5-8-14-22/h11-12,16-17H,3-10,13-15H2,1-2H3. The summed E-state index contributed by atoms with van der Waals surface area (Å²) in [7, 11) is -2.09. The lowest BCUT2D eigenvalue weighted by molar-refractivity contribution is 0.0604. The van der Waals surface area contributed by atoms with Crippen LogP contribution < -0.4 is 4.74 Å². The first-order chi connectivity index (χ1) is 13.5. The Hall–Kier alpha value is -1.60. The Balaban J connectivity index is 1.94. The number of sulfonamides is 1. The number of hydrogen-bond acceptors (Lipinski definition) is 4. The van der Waals surface area contributed by atoms with Crippen molar-refractivity contribution in [2.45, 2.75) is 69.2 Å². The van der Waals surface area contributed by atoms with Crippen LogP contribution in [-0.2, 0) is 10.0 Å². The summed E-state index contributed by atoms with van der Waals surface area (Å²) in [5.41, 5.74) is 0.346. The Kier molecular flexibility index (Phi) is 6.99. The minimum absolute atomic E-state index is 0.128. The highest BCUT2D eigenvalue weighted by Crippen LogP contribution is 2.29. The molecular weight excluding hydrogens is 376 g/mol. The van der Waals surface area contributed by atoms with Crippen LogP contribution in [0, 0.1) is 0 Å². The molecule has 0 saturated carbocycles. The average Bonchev–Trinajstić information content (AvgIpc) is 3.03. The van der Waals surface area contributed by atoms with E-state index in [2.05, 4.69) is 6.92 Å². The van der Waals surface area contributed by atoms with Crippen molar-refractivity contribution in [2.24, 2.45) is 0 Å². The predicted molar refractivity (Wildman–Crippen MR) is 109 cm³/mol. The number of benzene rings is 1. The van der Waals surface area contributed by atoms with Crippen LogP contribution in [-0.4, -0.2) is 56.3 Å². The van der Waals surface area contributed by atoms with Crippen LogP contribution >= 0.6 is 0 Å². The second-order valence-electron chi connectivity index (χ2n) is 7.74. The summed E-state index contributed by atoms with van der Waals surface area (Å²) in [4.78, 5) is 15.4. The van der Waals surface area contributed by atoms with Crippen LogP contribution in [0.4, 0.5) is 0 Å². The first-order valence-corrected chi connectivity index (χ1v) is 11.9. The van der Waals surface area contributed by atoms with Gasteiger partial charge in [-0.3, -0.25) is 4.79 Å². The van der Waals surface area contributed by atoms with E-state index in [1.54, 1.807) is 16.4 Å². The van der Waals surface area contributed by atoms with E-state index >= 15 is 0 Å². The molecule has 3 rings (SSSR count). The number of likely N-dealkylation sites (tertiary alicyclic amines) is 1. The second-order valence-corrected chi connectivity index (χ2v) is 9.67. The molecule has 0 aliphatic carbocycles. The van der Waals surface area contributed by atoms with Crippen molar-refractivity contribution >= 4 is 15.9 Å². The molecule has 0 radical (unpaired) electrons.